The van der Waals surface area contributed by atoms with Gasteiger partial charge in [0.25, 0.3) is 6.57 Å². The van der Waals surface area contributed by atoms with Crippen molar-refractivity contribution in [2.75, 3.05) is 19.7 Å². The molecule has 0 spiro atoms. The highest BCUT2D eigenvalue weighted by Gasteiger charge is 2.50. The van der Waals surface area contributed by atoms with E-state index in [1.807, 2.05) is 87.5 Å². The van der Waals surface area contributed by atoms with Crippen LogP contribution in [-0.4, -0.2) is 55.2 Å². The molecule has 232 valence electrons. The highest BCUT2D eigenvalue weighted by atomic mass is 16.5. The minimum Gasteiger partial charge on any atom is -0.492 e. The van der Waals surface area contributed by atoms with E-state index in [9.17, 15) is 14.4 Å². The number of rotatable bonds is 5. The fraction of sp³-hybridized carbons (Fsp3) is 0.429. The number of amides is 3. The molecule has 4 N–H and O–H groups in total. The number of hydrogen-bond donors (Lipinski definition) is 4. The van der Waals surface area contributed by atoms with Crippen molar-refractivity contribution in [2.24, 2.45) is 5.92 Å². The van der Waals surface area contributed by atoms with Gasteiger partial charge in [-0.1, -0.05) is 92.7 Å². The molecule has 3 atom stereocenters. The second-order valence-electron chi connectivity index (χ2n) is 11.7. The average Bonchev–Trinajstić information content (AvgIpc) is 3.02. The van der Waals surface area contributed by atoms with Crippen molar-refractivity contribution in [3.05, 3.63) is 82.7 Å². The number of carbonyl (C=O) groups is 3. The molecule has 1 heterocycles. The van der Waals surface area contributed by atoms with Crippen LogP contribution in [0.1, 0.15) is 51.2 Å². The Kier molecular flexibility index (Phi) is 11.3. The molecule has 0 unspecified atom stereocenters. The second-order valence-corrected chi connectivity index (χ2v) is 11.7. The third kappa shape index (κ3) is 8.14. The standard InChI is InChI=1S/C35H43N5O4/c1-5-11-29-32(41)37-19-10-15-27-13-8-9-16-30(27)44-21-20-38-35(36-4,34(43)40-31(24(2)3)33(42)39-29)23-25-17-18-26-12-6-7-14-28(26)22-25/h4,6-9,12-14,16-18,22,24,29,31,38H,5,10-11,15,19-21,23H2,1-3H3,(H2-,37,39,40,41,42,43)/p+1/t29-,31+,35+/m0/s1. The Balaban J connectivity index is 1.67. The quantitative estimate of drug-likeness (QED) is 0.352. The third-order valence-corrected chi connectivity index (χ3v) is 7.99. The first-order valence-electron chi connectivity index (χ1n) is 15.5. The van der Waals surface area contributed by atoms with Gasteiger partial charge < -0.3 is 20.7 Å². The minimum atomic E-state index is -1.59. The first-order chi connectivity index (χ1) is 21.3. The zero-order chi connectivity index (χ0) is 31.5. The number of aryl methyl sites for hydroxylation is 1. The molecular weight excluding hydrogens is 554 g/mol. The van der Waals surface area contributed by atoms with Crippen LogP contribution in [0.3, 0.4) is 0 Å². The van der Waals surface area contributed by atoms with Crippen LogP contribution in [0.5, 0.6) is 5.75 Å². The molecule has 0 saturated carbocycles. The van der Waals surface area contributed by atoms with Gasteiger partial charge in [0, 0.05) is 13.1 Å². The summed E-state index contributed by atoms with van der Waals surface area (Å²) < 4.78 is 6.13. The van der Waals surface area contributed by atoms with Crippen LogP contribution in [0.4, 0.5) is 0 Å². The van der Waals surface area contributed by atoms with Gasteiger partial charge in [-0.05, 0) is 53.1 Å². The molecule has 3 aromatic rings. The van der Waals surface area contributed by atoms with E-state index in [2.05, 4.69) is 26.1 Å². The van der Waals surface area contributed by atoms with Gasteiger partial charge in [0.2, 0.25) is 11.8 Å². The Morgan fingerprint density at radius 2 is 1.70 bits per heavy atom. The van der Waals surface area contributed by atoms with Crippen LogP contribution in [0, 0.1) is 12.5 Å². The Bertz CT molecular complexity index is 1500. The lowest BCUT2D eigenvalue weighted by Gasteiger charge is -2.27. The predicted molar refractivity (Wildman–Crippen MR) is 174 cm³/mol. The van der Waals surface area contributed by atoms with Crippen LogP contribution >= 0.6 is 0 Å². The Morgan fingerprint density at radius 1 is 0.955 bits per heavy atom. The van der Waals surface area contributed by atoms with Crippen LogP contribution < -0.4 is 26.0 Å². The highest BCUT2D eigenvalue weighted by Crippen LogP contribution is 2.23. The zero-order valence-corrected chi connectivity index (χ0v) is 25.9. The van der Waals surface area contributed by atoms with Gasteiger partial charge in [-0.3, -0.25) is 14.4 Å². The second kappa shape index (κ2) is 15.3. The van der Waals surface area contributed by atoms with Crippen LogP contribution in [0.15, 0.2) is 66.7 Å². The van der Waals surface area contributed by atoms with E-state index in [0.717, 1.165) is 27.6 Å². The number of ether oxygens (including phenoxy) is 1. The van der Waals surface area contributed by atoms with Gasteiger partial charge >= 0.3 is 11.6 Å². The molecule has 1 aliphatic rings. The molecule has 9 nitrogen and oxygen atoms in total. The number of hydrogen-bond acceptors (Lipinski definition) is 5. The summed E-state index contributed by atoms with van der Waals surface area (Å²) in [7, 11) is 0. The van der Waals surface area contributed by atoms with Crippen molar-refractivity contribution in [2.45, 2.75) is 70.6 Å². The maximum atomic E-state index is 14.1. The van der Waals surface area contributed by atoms with Gasteiger partial charge in [0.15, 0.2) is 0 Å². The van der Waals surface area contributed by atoms with Crippen molar-refractivity contribution in [3.8, 4) is 12.3 Å². The van der Waals surface area contributed by atoms with E-state index in [-0.39, 0.29) is 31.4 Å². The molecule has 44 heavy (non-hydrogen) atoms. The number of nitrogens with one attached hydrogen (secondary N) is 4. The molecule has 1 aliphatic heterocycles. The lowest BCUT2D eigenvalue weighted by molar-refractivity contribution is -0.134. The summed E-state index contributed by atoms with van der Waals surface area (Å²) in [5.41, 5.74) is 0.272. The molecule has 0 aromatic heterocycles. The van der Waals surface area contributed by atoms with Gasteiger partial charge in [-0.15, -0.1) is 0 Å². The summed E-state index contributed by atoms with van der Waals surface area (Å²) in [4.78, 5) is 44.9. The van der Waals surface area contributed by atoms with Gasteiger partial charge in [0.05, 0.1) is 6.42 Å². The Labute approximate surface area is 259 Å². The minimum absolute atomic E-state index is 0.143. The summed E-state index contributed by atoms with van der Waals surface area (Å²) in [5, 5.41) is 14.1. The molecule has 0 aliphatic carbocycles. The summed E-state index contributed by atoms with van der Waals surface area (Å²) in [6.45, 7) is 12.7. The van der Waals surface area contributed by atoms with Crippen LogP contribution in [0.25, 0.3) is 15.6 Å². The smallest absolute Gasteiger partial charge is 0.416 e. The first kappa shape index (κ1) is 32.5. The fourth-order valence-electron chi connectivity index (χ4n) is 5.52. The van der Waals surface area contributed by atoms with E-state index < -0.39 is 29.6 Å². The van der Waals surface area contributed by atoms with E-state index in [4.69, 9.17) is 11.3 Å². The molecule has 0 saturated heterocycles. The molecule has 0 fully saturated rings. The lowest BCUT2D eigenvalue weighted by atomic mass is 9.95. The predicted octanol–water partition coefficient (Wildman–Crippen LogP) is 4.20. The van der Waals surface area contributed by atoms with Crippen LogP contribution in [-0.2, 0) is 27.2 Å². The average molecular weight is 599 g/mol. The monoisotopic (exact) mass is 598 g/mol. The summed E-state index contributed by atoms with van der Waals surface area (Å²) >= 11 is 0. The van der Waals surface area contributed by atoms with Crippen molar-refractivity contribution in [3.63, 3.8) is 0 Å². The van der Waals surface area contributed by atoms with Crippen molar-refractivity contribution < 1.29 is 19.1 Å². The highest BCUT2D eigenvalue weighted by molar-refractivity contribution is 5.95. The largest absolute Gasteiger partial charge is 0.492 e. The molecule has 0 radical (unpaired) electrons. The van der Waals surface area contributed by atoms with Gasteiger partial charge in [-0.25, -0.2) is 5.32 Å². The maximum absolute atomic E-state index is 14.1. The molecule has 4 rings (SSSR count). The Morgan fingerprint density at radius 3 is 2.45 bits per heavy atom. The van der Waals surface area contributed by atoms with E-state index in [1.54, 1.807) is 0 Å². The molecule has 9 heteroatoms. The number of nitrogens with zero attached hydrogens (tertiary/aromatic N) is 1. The summed E-state index contributed by atoms with van der Waals surface area (Å²) in [5.74, 6) is -0.751. The van der Waals surface area contributed by atoms with Crippen molar-refractivity contribution >= 4 is 28.5 Å². The molecule has 3 aromatic carbocycles. The number of fused-ring (bicyclic) bond motifs is 2. The molecule has 0 bridgehead atoms. The van der Waals surface area contributed by atoms with Gasteiger partial charge in [0.1, 0.15) is 24.4 Å². The number of carbonyl (C=O) groups excluding carboxylic acids is 3. The summed E-state index contributed by atoms with van der Waals surface area (Å²) in [6.07, 6.45) is 2.73. The normalized spacial score (nSPS) is 22.4. The topological polar surface area (TPSA) is 113 Å². The third-order valence-electron chi connectivity index (χ3n) is 7.99. The molecule has 3 amide bonds. The SMILES string of the molecule is C#[N+][C@]1(Cc2ccc3ccccc3c2)NCCOc2ccccc2CCCNC(=O)[C@H](CCC)NC(=O)[C@@H](C(C)C)NC1=O. The van der Waals surface area contributed by atoms with E-state index in [0.29, 0.717) is 32.2 Å². The fourth-order valence-corrected chi connectivity index (χ4v) is 5.52. The molecular formula is C35H44N5O4+. The number of benzene rings is 3. The number of para-hydroxylation sites is 1. The van der Waals surface area contributed by atoms with Crippen molar-refractivity contribution in [1.29, 1.82) is 0 Å². The maximum Gasteiger partial charge on any atom is 0.416 e. The van der Waals surface area contributed by atoms with Crippen LogP contribution in [0.2, 0.25) is 0 Å². The van der Waals surface area contributed by atoms with E-state index in [1.165, 1.54) is 0 Å². The van der Waals surface area contributed by atoms with E-state index >= 15 is 0 Å². The zero-order valence-electron chi connectivity index (χ0n) is 25.9. The first-order valence-corrected chi connectivity index (χ1v) is 15.5. The summed E-state index contributed by atoms with van der Waals surface area (Å²) in [6, 6.07) is 20.1. The van der Waals surface area contributed by atoms with Crippen molar-refractivity contribution in [1.82, 2.24) is 21.3 Å². The van der Waals surface area contributed by atoms with Gasteiger partial charge in [-0.2, -0.15) is 0 Å². The Hall–Kier alpha value is -4.42. The lowest BCUT2D eigenvalue weighted by Crippen LogP contribution is -2.62.